The highest BCUT2D eigenvalue weighted by atomic mass is 32.2. The predicted octanol–water partition coefficient (Wildman–Crippen LogP) is -0.151. The van der Waals surface area contributed by atoms with E-state index in [1.54, 1.807) is 11.8 Å². The number of hydrogen-bond donors (Lipinski definition) is 0. The topological polar surface area (TPSA) is 101 Å². The molecule has 3 rings (SSSR count). The number of carbonyl (C=O) groups is 1. The van der Waals surface area contributed by atoms with Crippen molar-refractivity contribution < 1.29 is 13.2 Å². The van der Waals surface area contributed by atoms with Crippen LogP contribution in [0.3, 0.4) is 0 Å². The number of aromatic nitrogens is 4. The van der Waals surface area contributed by atoms with E-state index < -0.39 is 10.0 Å². The molecular weight excluding hydrogens is 332 g/mol. The van der Waals surface area contributed by atoms with Gasteiger partial charge in [0.1, 0.15) is 0 Å². The third-order valence-corrected chi connectivity index (χ3v) is 5.98. The zero-order valence-corrected chi connectivity index (χ0v) is 14.7. The van der Waals surface area contributed by atoms with Gasteiger partial charge in [-0.15, -0.1) is 5.10 Å². The maximum Gasteiger partial charge on any atom is 0.293 e. The molecule has 1 fully saturated rings. The summed E-state index contributed by atoms with van der Waals surface area (Å²) in [7, 11) is -3.22. The number of sulfonamides is 1. The number of piperazine rings is 1. The van der Waals surface area contributed by atoms with Crippen molar-refractivity contribution in [3.63, 3.8) is 0 Å². The lowest BCUT2D eigenvalue weighted by Gasteiger charge is -2.33. The monoisotopic (exact) mass is 352 g/mol. The summed E-state index contributed by atoms with van der Waals surface area (Å²) >= 11 is 0. The van der Waals surface area contributed by atoms with Crippen molar-refractivity contribution in [2.75, 3.05) is 31.9 Å². The largest absolute Gasteiger partial charge is 0.333 e. The molecule has 9 nitrogen and oxygen atoms in total. The Hall–Kier alpha value is -2.07. The average molecular weight is 352 g/mol. The first-order valence-corrected chi connectivity index (χ1v) is 9.41. The minimum absolute atomic E-state index is 0.0687. The van der Waals surface area contributed by atoms with Gasteiger partial charge < -0.3 is 4.90 Å². The molecule has 0 bridgehead atoms. The normalized spacial score (nSPS) is 16.7. The lowest BCUT2D eigenvalue weighted by atomic mass is 10.3. The van der Waals surface area contributed by atoms with Gasteiger partial charge >= 0.3 is 0 Å². The summed E-state index contributed by atoms with van der Waals surface area (Å²) in [6.07, 6.45) is 0. The molecule has 1 aliphatic rings. The molecule has 130 valence electrons. The minimum atomic E-state index is -3.22. The molecular formula is C14H20N6O3S. The Morgan fingerprint density at radius 3 is 2.46 bits per heavy atom. The fourth-order valence-electron chi connectivity index (χ4n) is 2.75. The summed E-state index contributed by atoms with van der Waals surface area (Å²) in [6.45, 7) is 6.61. The number of amides is 1. The van der Waals surface area contributed by atoms with E-state index in [2.05, 4.69) is 15.1 Å². The van der Waals surface area contributed by atoms with Gasteiger partial charge in [0.25, 0.3) is 11.7 Å². The van der Waals surface area contributed by atoms with Crippen LogP contribution in [0.25, 0.3) is 5.78 Å². The predicted molar refractivity (Wildman–Crippen MR) is 87.2 cm³/mol. The van der Waals surface area contributed by atoms with Crippen LogP contribution in [-0.2, 0) is 10.0 Å². The number of nitrogens with zero attached hydrogens (tertiary/aromatic N) is 6. The molecule has 0 atom stereocenters. The second kappa shape index (κ2) is 6.10. The second-order valence-electron chi connectivity index (χ2n) is 5.78. The number of hydrogen-bond acceptors (Lipinski definition) is 6. The van der Waals surface area contributed by atoms with Crippen LogP contribution in [-0.4, -0.2) is 75.0 Å². The van der Waals surface area contributed by atoms with Gasteiger partial charge in [-0.2, -0.15) is 9.29 Å². The Labute approximate surface area is 140 Å². The summed E-state index contributed by atoms with van der Waals surface area (Å²) in [5.41, 5.74) is 1.66. The van der Waals surface area contributed by atoms with Crippen LogP contribution in [0.4, 0.5) is 0 Å². The zero-order chi connectivity index (χ0) is 17.5. The molecule has 3 heterocycles. The van der Waals surface area contributed by atoms with E-state index in [0.717, 1.165) is 11.4 Å². The Morgan fingerprint density at radius 1 is 1.17 bits per heavy atom. The molecule has 1 amide bonds. The standard InChI is InChI=1S/C14H20N6O3S/c1-4-24(22,23)19-7-5-18(6-8-19)13(21)12-16-14-15-10(2)9-11(3)20(14)17-12/h9H,4-8H2,1-3H3. The average Bonchev–Trinajstić information content (AvgIpc) is 2.98. The van der Waals surface area contributed by atoms with Crippen LogP contribution < -0.4 is 0 Å². The number of aryl methyl sites for hydroxylation is 2. The molecule has 2 aromatic rings. The molecule has 24 heavy (non-hydrogen) atoms. The van der Waals surface area contributed by atoms with E-state index in [9.17, 15) is 13.2 Å². The van der Waals surface area contributed by atoms with Crippen molar-refractivity contribution in [1.82, 2.24) is 28.8 Å². The Bertz CT molecular complexity index is 883. The van der Waals surface area contributed by atoms with Crippen molar-refractivity contribution in [2.24, 2.45) is 0 Å². The highest BCUT2D eigenvalue weighted by Gasteiger charge is 2.29. The molecule has 0 radical (unpaired) electrons. The fourth-order valence-corrected chi connectivity index (χ4v) is 3.84. The summed E-state index contributed by atoms with van der Waals surface area (Å²) in [4.78, 5) is 22.6. The summed E-state index contributed by atoms with van der Waals surface area (Å²) in [5, 5.41) is 4.23. The fraction of sp³-hybridized carbons (Fsp3) is 0.571. The van der Waals surface area contributed by atoms with Crippen LogP contribution in [0.15, 0.2) is 6.07 Å². The number of rotatable bonds is 3. The van der Waals surface area contributed by atoms with Crippen LogP contribution in [0.5, 0.6) is 0 Å². The van der Waals surface area contributed by atoms with Gasteiger partial charge in [-0.1, -0.05) is 0 Å². The highest BCUT2D eigenvalue weighted by Crippen LogP contribution is 2.11. The van der Waals surface area contributed by atoms with E-state index in [1.807, 2.05) is 19.9 Å². The molecule has 0 saturated carbocycles. The maximum atomic E-state index is 12.6. The third kappa shape index (κ3) is 2.98. The smallest absolute Gasteiger partial charge is 0.293 e. The Kier molecular flexibility index (Phi) is 4.26. The molecule has 0 unspecified atom stereocenters. The lowest BCUT2D eigenvalue weighted by molar-refractivity contribution is 0.0686. The summed E-state index contributed by atoms with van der Waals surface area (Å²) in [5.74, 6) is 0.247. The van der Waals surface area contributed by atoms with Gasteiger partial charge in [-0.05, 0) is 26.8 Å². The summed E-state index contributed by atoms with van der Waals surface area (Å²) < 4.78 is 26.7. The van der Waals surface area contributed by atoms with Gasteiger partial charge in [0.2, 0.25) is 15.8 Å². The molecule has 1 saturated heterocycles. The number of carbonyl (C=O) groups excluding carboxylic acids is 1. The first kappa shape index (κ1) is 16.8. The first-order valence-electron chi connectivity index (χ1n) is 7.80. The third-order valence-electron chi connectivity index (χ3n) is 4.09. The molecule has 1 aliphatic heterocycles. The molecule has 0 aliphatic carbocycles. The quantitative estimate of drug-likeness (QED) is 0.761. The molecule has 10 heteroatoms. The second-order valence-corrected chi connectivity index (χ2v) is 8.04. The minimum Gasteiger partial charge on any atom is -0.333 e. The highest BCUT2D eigenvalue weighted by molar-refractivity contribution is 7.89. The molecule has 0 N–H and O–H groups in total. The zero-order valence-electron chi connectivity index (χ0n) is 13.9. The van der Waals surface area contributed by atoms with Crippen LogP contribution >= 0.6 is 0 Å². The van der Waals surface area contributed by atoms with Crippen LogP contribution in [0, 0.1) is 13.8 Å². The van der Waals surface area contributed by atoms with E-state index in [0.29, 0.717) is 32.0 Å². The van der Waals surface area contributed by atoms with E-state index in [1.165, 1.54) is 8.82 Å². The van der Waals surface area contributed by atoms with E-state index >= 15 is 0 Å². The maximum absolute atomic E-state index is 12.6. The molecule has 2 aromatic heterocycles. The lowest BCUT2D eigenvalue weighted by Crippen LogP contribution is -2.51. The van der Waals surface area contributed by atoms with E-state index in [-0.39, 0.29) is 17.5 Å². The Morgan fingerprint density at radius 2 is 1.83 bits per heavy atom. The van der Waals surface area contributed by atoms with Crippen LogP contribution in [0.1, 0.15) is 28.9 Å². The summed E-state index contributed by atoms with van der Waals surface area (Å²) in [6, 6.07) is 1.87. The molecule has 0 spiro atoms. The van der Waals surface area contributed by atoms with Gasteiger partial charge in [-0.3, -0.25) is 4.79 Å². The van der Waals surface area contributed by atoms with Crippen LogP contribution in [0.2, 0.25) is 0 Å². The van der Waals surface area contributed by atoms with Crippen molar-refractivity contribution in [1.29, 1.82) is 0 Å². The van der Waals surface area contributed by atoms with Gasteiger partial charge in [0.05, 0.1) is 5.75 Å². The van der Waals surface area contributed by atoms with Crippen molar-refractivity contribution >= 4 is 21.7 Å². The first-order chi connectivity index (χ1) is 11.3. The van der Waals surface area contributed by atoms with Gasteiger partial charge in [-0.25, -0.2) is 17.9 Å². The van der Waals surface area contributed by atoms with Crippen molar-refractivity contribution in [3.05, 3.63) is 23.3 Å². The van der Waals surface area contributed by atoms with E-state index in [4.69, 9.17) is 0 Å². The SMILES string of the molecule is CCS(=O)(=O)N1CCN(C(=O)c2nc3nc(C)cc(C)n3n2)CC1. The molecule has 0 aromatic carbocycles. The van der Waals surface area contributed by atoms with Gasteiger partial charge in [0, 0.05) is 37.6 Å². The Balaban J connectivity index is 1.78. The van der Waals surface area contributed by atoms with Crippen molar-refractivity contribution in [2.45, 2.75) is 20.8 Å². The van der Waals surface area contributed by atoms with Crippen molar-refractivity contribution in [3.8, 4) is 0 Å². The van der Waals surface area contributed by atoms with Gasteiger partial charge in [0.15, 0.2) is 0 Å². The number of fused-ring (bicyclic) bond motifs is 1.